The van der Waals surface area contributed by atoms with Gasteiger partial charge in [0.1, 0.15) is 12.9 Å². The van der Waals surface area contributed by atoms with Crippen LogP contribution in [0.1, 0.15) is 19.4 Å². The van der Waals surface area contributed by atoms with E-state index in [1.807, 2.05) is 50.0 Å². The minimum absolute atomic E-state index is 0.732. The van der Waals surface area contributed by atoms with Gasteiger partial charge in [0.05, 0.1) is 7.11 Å². The van der Waals surface area contributed by atoms with Crippen molar-refractivity contribution < 1.29 is 9.30 Å². The fraction of sp³-hybridized carbons (Fsp3) is 0.385. The topological polar surface area (TPSA) is 26.3 Å². The van der Waals surface area contributed by atoms with Crippen LogP contribution >= 0.6 is 7.14 Å². The standard InChI is InChI=1S/C13H19O2P/c1-4-16(14,5-2)11-10-12-6-8-13(15-3)9-7-12/h6-11H,4-5H2,1-3H3/b11-10+. The van der Waals surface area contributed by atoms with Gasteiger partial charge in [-0.15, -0.1) is 0 Å². The molecule has 0 atom stereocenters. The molecule has 0 radical (unpaired) electrons. The first-order chi connectivity index (χ1) is 7.63. The molecule has 0 bridgehead atoms. The van der Waals surface area contributed by atoms with Crippen LogP contribution in [0.25, 0.3) is 6.08 Å². The monoisotopic (exact) mass is 238 g/mol. The Hall–Kier alpha value is -1.01. The number of hydrogen-bond acceptors (Lipinski definition) is 2. The van der Waals surface area contributed by atoms with Crippen LogP contribution in [0.2, 0.25) is 0 Å². The Bertz CT molecular complexity index is 385. The van der Waals surface area contributed by atoms with Crippen LogP contribution in [0.15, 0.2) is 30.1 Å². The number of ether oxygens (including phenoxy) is 1. The third kappa shape index (κ3) is 3.53. The molecule has 0 spiro atoms. The molecule has 3 heteroatoms. The minimum atomic E-state index is -2.08. The van der Waals surface area contributed by atoms with E-state index in [0.717, 1.165) is 23.6 Å². The summed E-state index contributed by atoms with van der Waals surface area (Å²) < 4.78 is 17.2. The zero-order valence-electron chi connectivity index (χ0n) is 10.1. The summed E-state index contributed by atoms with van der Waals surface area (Å²) in [5, 5.41) is 0. The summed E-state index contributed by atoms with van der Waals surface area (Å²) in [4.78, 5) is 0. The Labute approximate surface area is 97.7 Å². The maximum absolute atomic E-state index is 12.1. The predicted molar refractivity (Wildman–Crippen MR) is 70.7 cm³/mol. The molecule has 0 saturated carbocycles. The second kappa shape index (κ2) is 5.91. The number of benzene rings is 1. The van der Waals surface area contributed by atoms with Gasteiger partial charge in [-0.2, -0.15) is 0 Å². The Balaban J connectivity index is 2.79. The van der Waals surface area contributed by atoms with Gasteiger partial charge in [0.2, 0.25) is 0 Å². The van der Waals surface area contributed by atoms with Gasteiger partial charge in [0, 0.05) is 12.3 Å². The molecule has 0 saturated heterocycles. The molecule has 0 heterocycles. The SMILES string of the molecule is CCP(=O)(/C=C/c1ccc(OC)cc1)CC. The minimum Gasteiger partial charge on any atom is -0.497 e. The van der Waals surface area contributed by atoms with E-state index < -0.39 is 7.14 Å². The highest BCUT2D eigenvalue weighted by atomic mass is 31.2. The van der Waals surface area contributed by atoms with Crippen LogP contribution in [-0.2, 0) is 4.57 Å². The molecule has 16 heavy (non-hydrogen) atoms. The second-order valence-corrected chi connectivity index (χ2v) is 7.14. The van der Waals surface area contributed by atoms with Crippen molar-refractivity contribution in [2.75, 3.05) is 19.4 Å². The van der Waals surface area contributed by atoms with E-state index in [1.54, 1.807) is 7.11 Å². The molecule has 2 nitrogen and oxygen atoms in total. The predicted octanol–water partition coefficient (Wildman–Crippen LogP) is 4.07. The van der Waals surface area contributed by atoms with Crippen molar-refractivity contribution >= 4 is 13.2 Å². The maximum Gasteiger partial charge on any atom is 0.118 e. The average Bonchev–Trinajstić information content (AvgIpc) is 2.36. The van der Waals surface area contributed by atoms with Crippen LogP contribution in [-0.4, -0.2) is 19.4 Å². The summed E-state index contributed by atoms with van der Waals surface area (Å²) in [5.74, 6) is 2.71. The van der Waals surface area contributed by atoms with Gasteiger partial charge in [-0.3, -0.25) is 0 Å². The van der Waals surface area contributed by atoms with Crippen molar-refractivity contribution in [1.82, 2.24) is 0 Å². The lowest BCUT2D eigenvalue weighted by Crippen LogP contribution is -1.85. The Morgan fingerprint density at radius 1 is 1.19 bits per heavy atom. The molecular formula is C13H19O2P. The van der Waals surface area contributed by atoms with Crippen LogP contribution < -0.4 is 4.74 Å². The van der Waals surface area contributed by atoms with Gasteiger partial charge in [-0.05, 0) is 23.5 Å². The fourth-order valence-corrected chi connectivity index (χ4v) is 2.68. The third-order valence-corrected chi connectivity index (χ3v) is 5.56. The summed E-state index contributed by atoms with van der Waals surface area (Å²) in [6, 6.07) is 7.74. The molecule has 88 valence electrons. The van der Waals surface area contributed by atoms with E-state index >= 15 is 0 Å². The lowest BCUT2D eigenvalue weighted by atomic mass is 10.2. The van der Waals surface area contributed by atoms with E-state index in [-0.39, 0.29) is 0 Å². The van der Waals surface area contributed by atoms with Crippen LogP contribution in [0.4, 0.5) is 0 Å². The Kier molecular flexibility index (Phi) is 4.82. The van der Waals surface area contributed by atoms with E-state index in [4.69, 9.17) is 4.74 Å². The normalized spacial score (nSPS) is 11.9. The van der Waals surface area contributed by atoms with Crippen molar-refractivity contribution in [2.24, 2.45) is 0 Å². The molecule has 0 aliphatic heterocycles. The van der Waals surface area contributed by atoms with Crippen LogP contribution in [0.5, 0.6) is 5.75 Å². The molecule has 0 aromatic heterocycles. The van der Waals surface area contributed by atoms with Crippen molar-refractivity contribution in [3.8, 4) is 5.75 Å². The van der Waals surface area contributed by atoms with Crippen LogP contribution in [0, 0.1) is 0 Å². The molecule has 0 aliphatic rings. The summed E-state index contributed by atoms with van der Waals surface area (Å²) >= 11 is 0. The third-order valence-electron chi connectivity index (χ3n) is 2.73. The van der Waals surface area contributed by atoms with Gasteiger partial charge in [-0.25, -0.2) is 0 Å². The van der Waals surface area contributed by atoms with Crippen LogP contribution in [0.3, 0.4) is 0 Å². The quantitative estimate of drug-likeness (QED) is 0.723. The molecule has 0 unspecified atom stereocenters. The summed E-state index contributed by atoms with van der Waals surface area (Å²) in [6.07, 6.45) is 3.40. The Morgan fingerprint density at radius 2 is 1.75 bits per heavy atom. The van der Waals surface area contributed by atoms with Crippen molar-refractivity contribution in [3.05, 3.63) is 35.6 Å². The summed E-state index contributed by atoms with van der Waals surface area (Å²) in [6.45, 7) is 3.95. The van der Waals surface area contributed by atoms with Gasteiger partial charge < -0.3 is 9.30 Å². The van der Waals surface area contributed by atoms with E-state index in [0.29, 0.717) is 0 Å². The lowest BCUT2D eigenvalue weighted by molar-refractivity contribution is 0.415. The molecule has 0 N–H and O–H groups in total. The first-order valence-corrected chi connectivity index (χ1v) is 7.69. The highest BCUT2D eigenvalue weighted by molar-refractivity contribution is 7.67. The molecule has 1 aromatic carbocycles. The Morgan fingerprint density at radius 3 is 2.19 bits per heavy atom. The summed E-state index contributed by atoms with van der Waals surface area (Å²) in [7, 11) is -0.431. The lowest BCUT2D eigenvalue weighted by Gasteiger charge is -2.07. The largest absolute Gasteiger partial charge is 0.497 e. The highest BCUT2D eigenvalue weighted by Gasteiger charge is 2.11. The van der Waals surface area contributed by atoms with Gasteiger partial charge in [-0.1, -0.05) is 32.1 Å². The highest BCUT2D eigenvalue weighted by Crippen LogP contribution is 2.46. The number of methoxy groups -OCH3 is 1. The van der Waals surface area contributed by atoms with E-state index in [1.165, 1.54) is 0 Å². The maximum atomic E-state index is 12.1. The second-order valence-electron chi connectivity index (χ2n) is 3.67. The molecule has 1 rings (SSSR count). The van der Waals surface area contributed by atoms with E-state index in [2.05, 4.69) is 0 Å². The van der Waals surface area contributed by atoms with Crippen molar-refractivity contribution in [1.29, 1.82) is 0 Å². The average molecular weight is 238 g/mol. The first kappa shape index (κ1) is 13.1. The van der Waals surface area contributed by atoms with Crippen molar-refractivity contribution in [2.45, 2.75) is 13.8 Å². The molecule has 0 fully saturated rings. The first-order valence-electron chi connectivity index (χ1n) is 5.54. The molecular weight excluding hydrogens is 219 g/mol. The van der Waals surface area contributed by atoms with E-state index in [9.17, 15) is 4.57 Å². The summed E-state index contributed by atoms with van der Waals surface area (Å²) in [5.41, 5.74) is 1.06. The number of hydrogen-bond donors (Lipinski definition) is 0. The van der Waals surface area contributed by atoms with Gasteiger partial charge >= 0.3 is 0 Å². The smallest absolute Gasteiger partial charge is 0.118 e. The molecule has 1 aromatic rings. The fourth-order valence-electron chi connectivity index (χ4n) is 1.37. The van der Waals surface area contributed by atoms with Gasteiger partial charge in [0.25, 0.3) is 0 Å². The number of rotatable bonds is 5. The molecule has 0 aliphatic carbocycles. The zero-order chi connectivity index (χ0) is 12.0. The van der Waals surface area contributed by atoms with Crippen molar-refractivity contribution in [3.63, 3.8) is 0 Å². The zero-order valence-corrected chi connectivity index (χ0v) is 11.0. The molecule has 0 amide bonds. The van der Waals surface area contributed by atoms with Gasteiger partial charge in [0.15, 0.2) is 0 Å².